The molecule has 54 heavy (non-hydrogen) atoms. The SMILES string of the molecule is CC(C)(C)OC(=O)N[C@H]1CCCCC/C=C\[C@@H]2C[C@@]2(C(=O)NS(=O)(=O)Nc2ccccc2)NC(=O)[C@@H]2C[C@@H](OC(=O)N3Cc4ccccc4C3)CN2C1=O. The Kier molecular flexibility index (Phi) is 11.2. The number of rotatable bonds is 6. The molecular formula is C38H48N6O9S. The Morgan fingerprint density at radius 1 is 0.944 bits per heavy atom. The molecule has 0 spiro atoms. The van der Waals surface area contributed by atoms with Gasteiger partial charge in [-0.15, -0.1) is 0 Å². The minimum absolute atomic E-state index is 0.0880. The lowest BCUT2D eigenvalue weighted by molar-refractivity contribution is -0.141. The highest BCUT2D eigenvalue weighted by molar-refractivity contribution is 7.91. The van der Waals surface area contributed by atoms with Crippen LogP contribution in [0.2, 0.25) is 0 Å². The highest BCUT2D eigenvalue weighted by Crippen LogP contribution is 2.46. The lowest BCUT2D eigenvalue weighted by Gasteiger charge is -2.30. The first-order chi connectivity index (χ1) is 25.6. The Morgan fingerprint density at radius 3 is 2.31 bits per heavy atom. The van der Waals surface area contributed by atoms with Crippen LogP contribution < -0.4 is 20.1 Å². The largest absolute Gasteiger partial charge is 0.444 e. The van der Waals surface area contributed by atoms with Crippen LogP contribution >= 0.6 is 0 Å². The van der Waals surface area contributed by atoms with Gasteiger partial charge in [0.25, 0.3) is 5.91 Å². The first-order valence-electron chi connectivity index (χ1n) is 18.3. The van der Waals surface area contributed by atoms with Crippen molar-refractivity contribution < 1.29 is 41.9 Å². The van der Waals surface area contributed by atoms with Gasteiger partial charge in [-0.2, -0.15) is 8.42 Å². The van der Waals surface area contributed by atoms with Crippen LogP contribution in [0.1, 0.15) is 76.8 Å². The second kappa shape index (κ2) is 15.7. The van der Waals surface area contributed by atoms with Gasteiger partial charge >= 0.3 is 22.4 Å². The van der Waals surface area contributed by atoms with Crippen molar-refractivity contribution in [3.05, 3.63) is 77.9 Å². The van der Waals surface area contributed by atoms with Gasteiger partial charge in [0.15, 0.2) is 0 Å². The monoisotopic (exact) mass is 764 g/mol. The molecule has 4 aliphatic rings. The highest BCUT2D eigenvalue weighted by Gasteiger charge is 2.61. The molecule has 3 heterocycles. The lowest BCUT2D eigenvalue weighted by atomic mass is 10.0. The van der Waals surface area contributed by atoms with E-state index >= 15 is 0 Å². The maximum Gasteiger partial charge on any atom is 0.410 e. The summed E-state index contributed by atoms with van der Waals surface area (Å²) in [6, 6.07) is 13.4. The molecule has 290 valence electrons. The van der Waals surface area contributed by atoms with Gasteiger partial charge in [-0.05, 0) is 69.7 Å². The fourth-order valence-electron chi connectivity index (χ4n) is 7.19. The highest BCUT2D eigenvalue weighted by atomic mass is 32.2. The number of carbonyl (C=O) groups excluding carboxylic acids is 5. The second-order valence-electron chi connectivity index (χ2n) is 15.3. The van der Waals surface area contributed by atoms with E-state index in [0.717, 1.165) is 24.0 Å². The van der Waals surface area contributed by atoms with Gasteiger partial charge in [0.2, 0.25) is 11.8 Å². The van der Waals surface area contributed by atoms with Crippen LogP contribution in [0.4, 0.5) is 15.3 Å². The van der Waals surface area contributed by atoms with E-state index in [-0.39, 0.29) is 31.5 Å². The van der Waals surface area contributed by atoms with Crippen molar-refractivity contribution in [2.75, 3.05) is 11.3 Å². The molecule has 2 aromatic rings. The molecule has 0 radical (unpaired) electrons. The van der Waals surface area contributed by atoms with Crippen molar-refractivity contribution in [3.8, 4) is 0 Å². The zero-order valence-corrected chi connectivity index (χ0v) is 31.5. The fraction of sp³-hybridized carbons (Fsp3) is 0.500. The minimum Gasteiger partial charge on any atom is -0.444 e. The number of hydrogen-bond acceptors (Lipinski definition) is 9. The number of nitrogens with zero attached hydrogens (tertiary/aromatic N) is 2. The normalized spacial score (nSPS) is 26.4. The van der Waals surface area contributed by atoms with E-state index in [2.05, 4.69) is 20.1 Å². The topological polar surface area (TPSA) is 193 Å². The van der Waals surface area contributed by atoms with Gasteiger partial charge in [-0.3, -0.25) is 24.0 Å². The molecule has 5 amide bonds. The smallest absolute Gasteiger partial charge is 0.410 e. The Hall–Kier alpha value is -5.12. The van der Waals surface area contributed by atoms with E-state index in [9.17, 15) is 32.4 Å². The molecule has 1 saturated carbocycles. The first-order valence-corrected chi connectivity index (χ1v) is 19.8. The summed E-state index contributed by atoms with van der Waals surface area (Å²) in [5.41, 5.74) is -0.225. The molecule has 0 unspecified atom stereocenters. The number of ether oxygens (including phenoxy) is 2. The predicted molar refractivity (Wildman–Crippen MR) is 198 cm³/mol. The molecular weight excluding hydrogens is 717 g/mol. The number of para-hydroxylation sites is 1. The zero-order chi connectivity index (χ0) is 38.7. The number of carbonyl (C=O) groups is 5. The number of fused-ring (bicyclic) bond motifs is 3. The number of alkyl carbamates (subject to hydrolysis) is 1. The Balaban J connectivity index is 1.25. The molecule has 2 fully saturated rings. The molecule has 1 saturated heterocycles. The van der Waals surface area contributed by atoms with Gasteiger partial charge in [-0.25, -0.2) is 14.3 Å². The van der Waals surface area contributed by atoms with Crippen LogP contribution in [-0.2, 0) is 47.2 Å². The number of benzene rings is 2. The van der Waals surface area contributed by atoms with E-state index in [1.165, 1.54) is 17.0 Å². The molecule has 4 N–H and O–H groups in total. The van der Waals surface area contributed by atoms with E-state index in [0.29, 0.717) is 25.9 Å². The third kappa shape index (κ3) is 9.32. The van der Waals surface area contributed by atoms with Crippen LogP contribution in [0.3, 0.4) is 0 Å². The Bertz CT molecular complexity index is 1870. The summed E-state index contributed by atoms with van der Waals surface area (Å²) in [6.45, 7) is 5.68. The predicted octanol–water partition coefficient (Wildman–Crippen LogP) is 3.87. The summed E-state index contributed by atoms with van der Waals surface area (Å²) in [7, 11) is -4.39. The molecule has 1 aliphatic carbocycles. The van der Waals surface area contributed by atoms with Crippen molar-refractivity contribution in [3.63, 3.8) is 0 Å². The standard InChI is InChI=1S/C38H48N6O9S/c1-37(2,3)53-35(48)39-30-19-11-6-4-5-8-16-27-21-38(27,34(47)42-54(50,51)41-28-17-9-7-10-18-28)40-32(45)31-20-29(24-44(31)33(30)46)52-36(49)43-22-25-14-12-13-15-26(25)23-43/h7-10,12-18,27,29-31,41H,4-6,11,19-24H2,1-3H3,(H,39,48)(H,40,45)(H,42,47)/b16-8-/t27-,29-,30+,31+,38-/m1/s1. The first kappa shape index (κ1) is 38.6. The maximum atomic E-state index is 14.4. The van der Waals surface area contributed by atoms with E-state index in [1.807, 2.05) is 30.3 Å². The van der Waals surface area contributed by atoms with Gasteiger partial charge in [0.05, 0.1) is 12.2 Å². The second-order valence-corrected chi connectivity index (χ2v) is 16.7. The van der Waals surface area contributed by atoms with Crippen molar-refractivity contribution in [2.24, 2.45) is 5.92 Å². The fourth-order valence-corrected chi connectivity index (χ4v) is 8.12. The summed E-state index contributed by atoms with van der Waals surface area (Å²) in [4.78, 5) is 71.6. The van der Waals surface area contributed by atoms with Crippen LogP contribution in [0.25, 0.3) is 0 Å². The van der Waals surface area contributed by atoms with Crippen LogP contribution in [0.5, 0.6) is 0 Å². The zero-order valence-electron chi connectivity index (χ0n) is 30.7. The third-order valence-corrected chi connectivity index (χ3v) is 10.9. The van der Waals surface area contributed by atoms with Crippen molar-refractivity contribution in [1.82, 2.24) is 25.2 Å². The van der Waals surface area contributed by atoms with Crippen molar-refractivity contribution in [2.45, 2.75) is 108 Å². The Labute approximate surface area is 315 Å². The number of anilines is 1. The number of allylic oxidation sites excluding steroid dienone is 1. The van der Waals surface area contributed by atoms with Gasteiger partial charge < -0.3 is 25.0 Å². The Morgan fingerprint density at radius 2 is 1.63 bits per heavy atom. The quantitative estimate of drug-likeness (QED) is 0.316. The average Bonchev–Trinajstić information content (AvgIpc) is 3.40. The average molecular weight is 765 g/mol. The summed E-state index contributed by atoms with van der Waals surface area (Å²) in [5.74, 6) is -2.74. The van der Waals surface area contributed by atoms with Crippen LogP contribution in [0, 0.1) is 5.92 Å². The number of nitrogens with one attached hydrogen (secondary N) is 4. The molecule has 0 aromatic heterocycles. The molecule has 15 nitrogen and oxygen atoms in total. The molecule has 6 rings (SSSR count). The van der Waals surface area contributed by atoms with Crippen molar-refractivity contribution in [1.29, 1.82) is 0 Å². The van der Waals surface area contributed by atoms with Crippen LogP contribution in [0.15, 0.2) is 66.7 Å². The number of hydrogen-bond donors (Lipinski definition) is 4. The summed E-state index contributed by atoms with van der Waals surface area (Å²) >= 11 is 0. The maximum absolute atomic E-state index is 14.4. The lowest BCUT2D eigenvalue weighted by Crippen LogP contribution is -2.58. The molecule has 16 heteroatoms. The summed E-state index contributed by atoms with van der Waals surface area (Å²) < 4.78 is 41.8. The molecule has 0 bridgehead atoms. The van der Waals surface area contributed by atoms with E-state index in [1.54, 1.807) is 49.9 Å². The van der Waals surface area contributed by atoms with E-state index < -0.39 is 75.4 Å². The van der Waals surface area contributed by atoms with E-state index in [4.69, 9.17) is 9.47 Å². The number of amides is 5. The van der Waals surface area contributed by atoms with Gasteiger partial charge in [0.1, 0.15) is 29.3 Å². The minimum atomic E-state index is -4.39. The third-order valence-electron chi connectivity index (χ3n) is 9.96. The van der Waals surface area contributed by atoms with Crippen LogP contribution in [-0.4, -0.2) is 84.0 Å². The van der Waals surface area contributed by atoms with Gasteiger partial charge in [0, 0.05) is 25.4 Å². The van der Waals surface area contributed by atoms with Gasteiger partial charge in [-0.1, -0.05) is 67.5 Å². The molecule has 5 atom stereocenters. The summed E-state index contributed by atoms with van der Waals surface area (Å²) in [6.07, 6.45) is 4.44. The molecule has 3 aliphatic heterocycles. The molecule has 2 aromatic carbocycles. The summed E-state index contributed by atoms with van der Waals surface area (Å²) in [5, 5.41) is 5.48. The van der Waals surface area contributed by atoms with Crippen molar-refractivity contribution >= 4 is 45.8 Å².